The topological polar surface area (TPSA) is 59.1 Å². The highest BCUT2D eigenvalue weighted by Gasteiger charge is 2.52. The summed E-state index contributed by atoms with van der Waals surface area (Å²) < 4.78 is 10.4. The lowest BCUT2D eigenvalue weighted by atomic mass is 9.71. The first kappa shape index (κ1) is 21.4. The molecule has 0 spiro atoms. The molecule has 2 saturated heterocycles. The monoisotopic (exact) mass is 422 g/mol. The third-order valence-corrected chi connectivity index (χ3v) is 6.87. The number of fused-ring (bicyclic) bond motifs is 1. The van der Waals surface area contributed by atoms with Crippen molar-refractivity contribution in [2.24, 2.45) is 0 Å². The lowest BCUT2D eigenvalue weighted by Gasteiger charge is -2.36. The second-order valence-corrected chi connectivity index (χ2v) is 8.34. The molecule has 0 aromatic heterocycles. The normalized spacial score (nSPS) is 23.4. The maximum atomic E-state index is 13.5. The summed E-state index contributed by atoms with van der Waals surface area (Å²) in [5, 5.41) is 0. The summed E-state index contributed by atoms with van der Waals surface area (Å²) in [7, 11) is 3.26. The minimum atomic E-state index is -0.221. The van der Waals surface area contributed by atoms with Crippen molar-refractivity contribution in [3.8, 4) is 5.75 Å². The summed E-state index contributed by atoms with van der Waals surface area (Å²) in [6.07, 6.45) is 2.03. The Morgan fingerprint density at radius 1 is 1.03 bits per heavy atom. The molecule has 31 heavy (non-hydrogen) atoms. The average molecular weight is 423 g/mol. The van der Waals surface area contributed by atoms with Crippen molar-refractivity contribution in [2.75, 3.05) is 40.5 Å². The molecule has 164 valence electrons. The van der Waals surface area contributed by atoms with Gasteiger partial charge in [-0.1, -0.05) is 30.3 Å². The summed E-state index contributed by atoms with van der Waals surface area (Å²) >= 11 is 0. The minimum Gasteiger partial charge on any atom is -0.497 e. The third kappa shape index (κ3) is 4.04. The van der Waals surface area contributed by atoms with E-state index in [1.54, 1.807) is 38.5 Å². The second kappa shape index (κ2) is 9.10. The van der Waals surface area contributed by atoms with Crippen LogP contribution in [-0.4, -0.2) is 68.1 Å². The lowest BCUT2D eigenvalue weighted by Crippen LogP contribution is -2.45. The van der Waals surface area contributed by atoms with Gasteiger partial charge in [0, 0.05) is 44.1 Å². The molecule has 2 amide bonds. The molecule has 2 fully saturated rings. The number of carbonyl (C=O) groups is 2. The molecule has 2 atom stereocenters. The van der Waals surface area contributed by atoms with Crippen molar-refractivity contribution in [1.82, 2.24) is 9.80 Å². The first-order chi connectivity index (χ1) is 15.1. The van der Waals surface area contributed by atoms with Crippen LogP contribution in [0.2, 0.25) is 0 Å². The van der Waals surface area contributed by atoms with Crippen molar-refractivity contribution < 1.29 is 19.1 Å². The zero-order chi connectivity index (χ0) is 21.8. The Kier molecular flexibility index (Phi) is 6.28. The van der Waals surface area contributed by atoms with Gasteiger partial charge in [0.1, 0.15) is 5.75 Å². The van der Waals surface area contributed by atoms with Crippen LogP contribution in [0, 0.1) is 0 Å². The Labute approximate surface area is 183 Å². The Bertz CT molecular complexity index is 915. The van der Waals surface area contributed by atoms with Gasteiger partial charge in [-0.2, -0.15) is 0 Å². The first-order valence-electron chi connectivity index (χ1n) is 10.9. The van der Waals surface area contributed by atoms with Crippen LogP contribution in [0.5, 0.6) is 5.75 Å². The maximum absolute atomic E-state index is 13.5. The van der Waals surface area contributed by atoms with Crippen LogP contribution >= 0.6 is 0 Å². The predicted molar refractivity (Wildman–Crippen MR) is 118 cm³/mol. The zero-order valence-corrected chi connectivity index (χ0v) is 18.3. The van der Waals surface area contributed by atoms with Gasteiger partial charge in [-0.15, -0.1) is 0 Å². The second-order valence-electron chi connectivity index (χ2n) is 8.34. The molecule has 0 unspecified atom stereocenters. The van der Waals surface area contributed by atoms with Crippen molar-refractivity contribution >= 4 is 11.8 Å². The lowest BCUT2D eigenvalue weighted by molar-refractivity contribution is -0.132. The number of nitrogens with zero attached hydrogens (tertiary/aromatic N) is 2. The molecule has 2 aromatic rings. The molecular weight excluding hydrogens is 392 g/mol. The van der Waals surface area contributed by atoms with E-state index in [0.29, 0.717) is 38.2 Å². The van der Waals surface area contributed by atoms with Crippen molar-refractivity contribution in [3.05, 3.63) is 65.7 Å². The third-order valence-electron chi connectivity index (χ3n) is 6.87. The Morgan fingerprint density at radius 3 is 2.42 bits per heavy atom. The Hall–Kier alpha value is -2.86. The number of ether oxygens (including phenoxy) is 2. The zero-order valence-electron chi connectivity index (χ0n) is 18.3. The number of hydrogen-bond donors (Lipinski definition) is 0. The molecule has 0 radical (unpaired) electrons. The standard InChI is InChI=1S/C25H30N2O4/c1-30-17-16-26-14-12-25(20-6-4-3-5-7-20)13-15-27(22(25)18-23(26)28)24(29)19-8-10-21(31-2)11-9-19/h3-11,22H,12-18H2,1-2H3/t22-,25-/m1/s1. The van der Waals surface area contributed by atoms with Crippen molar-refractivity contribution in [3.63, 3.8) is 0 Å². The quantitative estimate of drug-likeness (QED) is 0.718. The maximum Gasteiger partial charge on any atom is 0.254 e. The number of benzene rings is 2. The molecular formula is C25H30N2O4. The molecule has 2 aliphatic rings. The fourth-order valence-electron chi connectivity index (χ4n) is 5.12. The summed E-state index contributed by atoms with van der Waals surface area (Å²) in [6, 6.07) is 17.4. The number of likely N-dealkylation sites (tertiary alicyclic amines) is 2. The van der Waals surface area contributed by atoms with Gasteiger partial charge in [-0.3, -0.25) is 9.59 Å². The largest absolute Gasteiger partial charge is 0.497 e. The van der Waals surface area contributed by atoms with Crippen LogP contribution in [0.15, 0.2) is 54.6 Å². The fraction of sp³-hybridized carbons (Fsp3) is 0.440. The van der Waals surface area contributed by atoms with Gasteiger partial charge in [0.05, 0.1) is 19.8 Å². The van der Waals surface area contributed by atoms with Gasteiger partial charge in [-0.25, -0.2) is 0 Å². The number of hydrogen-bond acceptors (Lipinski definition) is 4. The van der Waals surface area contributed by atoms with Gasteiger partial charge >= 0.3 is 0 Å². The van der Waals surface area contributed by atoms with E-state index < -0.39 is 0 Å². The van der Waals surface area contributed by atoms with Crippen LogP contribution in [0.4, 0.5) is 0 Å². The van der Waals surface area contributed by atoms with E-state index in [1.165, 1.54) is 5.56 Å². The molecule has 2 aliphatic heterocycles. The fourth-order valence-corrected chi connectivity index (χ4v) is 5.12. The average Bonchev–Trinajstić information content (AvgIpc) is 3.11. The van der Waals surface area contributed by atoms with Crippen LogP contribution in [-0.2, 0) is 14.9 Å². The van der Waals surface area contributed by atoms with Gasteiger partial charge < -0.3 is 19.3 Å². The summed E-state index contributed by atoms with van der Waals surface area (Å²) in [5.41, 5.74) is 1.62. The highest BCUT2D eigenvalue weighted by atomic mass is 16.5. The summed E-state index contributed by atoms with van der Waals surface area (Å²) in [4.78, 5) is 30.4. The summed E-state index contributed by atoms with van der Waals surface area (Å²) in [5.74, 6) is 0.785. The number of rotatable bonds is 6. The van der Waals surface area contributed by atoms with Gasteiger partial charge in [-0.05, 0) is 42.7 Å². The molecule has 0 bridgehead atoms. The van der Waals surface area contributed by atoms with E-state index >= 15 is 0 Å². The number of amides is 2. The van der Waals surface area contributed by atoms with Crippen molar-refractivity contribution in [1.29, 1.82) is 0 Å². The van der Waals surface area contributed by atoms with Crippen LogP contribution in [0.25, 0.3) is 0 Å². The van der Waals surface area contributed by atoms with E-state index in [-0.39, 0.29) is 23.3 Å². The minimum absolute atomic E-state index is 0.0244. The van der Waals surface area contributed by atoms with Crippen LogP contribution in [0.1, 0.15) is 35.2 Å². The SMILES string of the molecule is COCCN1CC[C@]2(c3ccccc3)CCN(C(=O)c3ccc(OC)cc3)[C@@H]2CC1=O. The number of carbonyl (C=O) groups excluding carboxylic acids is 2. The molecule has 0 saturated carbocycles. The smallest absolute Gasteiger partial charge is 0.254 e. The van der Waals surface area contributed by atoms with E-state index in [9.17, 15) is 9.59 Å². The van der Waals surface area contributed by atoms with E-state index in [2.05, 4.69) is 12.1 Å². The molecule has 2 aromatic carbocycles. The Balaban J connectivity index is 1.67. The molecule has 6 heteroatoms. The van der Waals surface area contributed by atoms with Gasteiger partial charge in [0.15, 0.2) is 0 Å². The van der Waals surface area contributed by atoms with Crippen molar-refractivity contribution in [2.45, 2.75) is 30.7 Å². The number of methoxy groups -OCH3 is 2. The summed E-state index contributed by atoms with van der Waals surface area (Å²) in [6.45, 7) is 2.43. The molecule has 2 heterocycles. The molecule has 0 N–H and O–H groups in total. The van der Waals surface area contributed by atoms with Crippen LogP contribution < -0.4 is 4.74 Å². The van der Waals surface area contributed by atoms with Crippen LogP contribution in [0.3, 0.4) is 0 Å². The highest BCUT2D eigenvalue weighted by molar-refractivity contribution is 5.95. The first-order valence-corrected chi connectivity index (χ1v) is 10.9. The van der Waals surface area contributed by atoms with E-state index in [4.69, 9.17) is 9.47 Å². The molecule has 0 aliphatic carbocycles. The van der Waals surface area contributed by atoms with E-state index in [0.717, 1.165) is 18.6 Å². The molecule has 6 nitrogen and oxygen atoms in total. The highest BCUT2D eigenvalue weighted by Crippen LogP contribution is 2.46. The predicted octanol–water partition coefficient (Wildman–Crippen LogP) is 3.12. The van der Waals surface area contributed by atoms with E-state index in [1.807, 2.05) is 28.0 Å². The van der Waals surface area contributed by atoms with Gasteiger partial charge in [0.25, 0.3) is 5.91 Å². The molecule has 4 rings (SSSR count). The van der Waals surface area contributed by atoms with Gasteiger partial charge in [0.2, 0.25) is 5.91 Å². The Morgan fingerprint density at radius 2 is 1.74 bits per heavy atom.